The van der Waals surface area contributed by atoms with Gasteiger partial charge in [0.1, 0.15) is 18.1 Å². The van der Waals surface area contributed by atoms with E-state index in [-0.39, 0.29) is 24.4 Å². The summed E-state index contributed by atoms with van der Waals surface area (Å²) in [6.07, 6.45) is 3.28. The highest BCUT2D eigenvalue weighted by Crippen LogP contribution is 2.14. The molecule has 0 saturated carbocycles. The van der Waals surface area contributed by atoms with Crippen LogP contribution in [0.15, 0.2) is 40.8 Å². The first-order valence-electron chi connectivity index (χ1n) is 11.1. The number of nitrogens with zero attached hydrogens (tertiary/aromatic N) is 2. The summed E-state index contributed by atoms with van der Waals surface area (Å²) in [7, 11) is 1.60. The average molecular weight is 429 g/mol. The standard InChI is InChI=1S/C25H36N2O4/c1-6-7-8-21-10-12-22(13-11-21)25(29)27(19(2)3)18-24(28)26(15-16-30-5)17-23-14-9-20(4)31-23/h9-14,19H,6-8,15-18H2,1-5H3. The van der Waals surface area contributed by atoms with E-state index in [1.165, 1.54) is 5.56 Å². The van der Waals surface area contributed by atoms with Crippen molar-refractivity contribution in [3.63, 3.8) is 0 Å². The second kappa shape index (κ2) is 12.3. The molecule has 170 valence electrons. The van der Waals surface area contributed by atoms with E-state index < -0.39 is 0 Å². The first-order chi connectivity index (χ1) is 14.8. The zero-order valence-corrected chi connectivity index (χ0v) is 19.5. The molecule has 0 aliphatic rings. The van der Waals surface area contributed by atoms with Crippen LogP contribution < -0.4 is 0 Å². The van der Waals surface area contributed by atoms with Gasteiger partial charge < -0.3 is 19.0 Å². The number of ether oxygens (including phenoxy) is 1. The molecule has 2 rings (SSSR count). The fraction of sp³-hybridized carbons (Fsp3) is 0.520. The maximum Gasteiger partial charge on any atom is 0.254 e. The topological polar surface area (TPSA) is 63.0 Å². The monoisotopic (exact) mass is 428 g/mol. The van der Waals surface area contributed by atoms with E-state index in [9.17, 15) is 9.59 Å². The molecule has 1 heterocycles. The van der Waals surface area contributed by atoms with E-state index in [2.05, 4.69) is 6.92 Å². The van der Waals surface area contributed by atoms with Crippen LogP contribution >= 0.6 is 0 Å². The summed E-state index contributed by atoms with van der Waals surface area (Å²) in [4.78, 5) is 29.6. The van der Waals surface area contributed by atoms with Crippen molar-refractivity contribution >= 4 is 11.8 Å². The number of aryl methyl sites for hydroxylation is 2. The van der Waals surface area contributed by atoms with Crippen LogP contribution in [0.5, 0.6) is 0 Å². The van der Waals surface area contributed by atoms with E-state index in [0.29, 0.717) is 31.0 Å². The summed E-state index contributed by atoms with van der Waals surface area (Å²) in [5, 5.41) is 0. The molecule has 6 heteroatoms. The minimum absolute atomic E-state index is 0.0114. The maximum atomic E-state index is 13.2. The Hall–Kier alpha value is -2.60. The Kier molecular flexibility index (Phi) is 9.79. The molecule has 0 bridgehead atoms. The second-order valence-electron chi connectivity index (χ2n) is 8.15. The highest BCUT2D eigenvalue weighted by molar-refractivity contribution is 5.96. The Bertz CT molecular complexity index is 826. The minimum Gasteiger partial charge on any atom is -0.464 e. The normalized spacial score (nSPS) is 11.0. The van der Waals surface area contributed by atoms with Crippen molar-refractivity contribution in [1.82, 2.24) is 9.80 Å². The number of furan rings is 1. The fourth-order valence-corrected chi connectivity index (χ4v) is 3.35. The van der Waals surface area contributed by atoms with Crippen molar-refractivity contribution in [2.45, 2.75) is 59.5 Å². The number of rotatable bonds is 12. The third kappa shape index (κ3) is 7.55. The summed E-state index contributed by atoms with van der Waals surface area (Å²) >= 11 is 0. The smallest absolute Gasteiger partial charge is 0.254 e. The van der Waals surface area contributed by atoms with Crippen molar-refractivity contribution < 1.29 is 18.7 Å². The van der Waals surface area contributed by atoms with E-state index in [0.717, 1.165) is 25.0 Å². The molecule has 0 spiro atoms. The molecule has 0 unspecified atom stereocenters. The van der Waals surface area contributed by atoms with Crippen molar-refractivity contribution in [3.05, 3.63) is 59.0 Å². The Morgan fingerprint density at radius 2 is 1.81 bits per heavy atom. The number of unbranched alkanes of at least 4 members (excludes halogenated alkanes) is 1. The Labute approximate surface area is 186 Å². The van der Waals surface area contributed by atoms with Crippen LogP contribution in [0.2, 0.25) is 0 Å². The number of hydrogen-bond donors (Lipinski definition) is 0. The lowest BCUT2D eigenvalue weighted by Gasteiger charge is -2.30. The number of carbonyl (C=O) groups is 2. The lowest BCUT2D eigenvalue weighted by Crippen LogP contribution is -2.46. The van der Waals surface area contributed by atoms with Gasteiger partial charge in [-0.15, -0.1) is 0 Å². The van der Waals surface area contributed by atoms with Gasteiger partial charge in [0.05, 0.1) is 13.2 Å². The summed E-state index contributed by atoms with van der Waals surface area (Å²) in [5.74, 6) is 1.25. The molecule has 6 nitrogen and oxygen atoms in total. The summed E-state index contributed by atoms with van der Waals surface area (Å²) < 4.78 is 10.8. The molecule has 1 aromatic carbocycles. The van der Waals surface area contributed by atoms with Crippen LogP contribution in [-0.4, -0.2) is 54.5 Å². The maximum absolute atomic E-state index is 13.2. The SMILES string of the molecule is CCCCc1ccc(C(=O)N(CC(=O)N(CCOC)Cc2ccc(C)o2)C(C)C)cc1. The average Bonchev–Trinajstić information content (AvgIpc) is 3.17. The predicted molar refractivity (Wildman–Crippen MR) is 122 cm³/mol. The first-order valence-corrected chi connectivity index (χ1v) is 11.1. The largest absolute Gasteiger partial charge is 0.464 e. The Morgan fingerprint density at radius 1 is 1.10 bits per heavy atom. The van der Waals surface area contributed by atoms with E-state index in [1.54, 1.807) is 16.9 Å². The van der Waals surface area contributed by atoms with Gasteiger partial charge in [0.2, 0.25) is 5.91 Å². The molecule has 2 amide bonds. The molecule has 0 fully saturated rings. The van der Waals surface area contributed by atoms with Crippen LogP contribution in [0.25, 0.3) is 0 Å². The molecule has 0 aliphatic heterocycles. The van der Waals surface area contributed by atoms with Crippen LogP contribution in [-0.2, 0) is 22.5 Å². The number of amides is 2. The molecular weight excluding hydrogens is 392 g/mol. The molecule has 0 atom stereocenters. The Morgan fingerprint density at radius 3 is 2.35 bits per heavy atom. The Balaban J connectivity index is 2.11. The molecule has 31 heavy (non-hydrogen) atoms. The van der Waals surface area contributed by atoms with Crippen molar-refractivity contribution in [1.29, 1.82) is 0 Å². The van der Waals surface area contributed by atoms with Gasteiger partial charge in [-0.1, -0.05) is 25.5 Å². The summed E-state index contributed by atoms with van der Waals surface area (Å²) in [5.41, 5.74) is 1.83. The number of benzene rings is 1. The molecule has 0 aliphatic carbocycles. The van der Waals surface area contributed by atoms with E-state index in [1.807, 2.05) is 57.2 Å². The quantitative estimate of drug-likeness (QED) is 0.501. The van der Waals surface area contributed by atoms with Crippen LogP contribution in [0.3, 0.4) is 0 Å². The van der Waals surface area contributed by atoms with Gasteiger partial charge in [0, 0.05) is 25.3 Å². The fourth-order valence-electron chi connectivity index (χ4n) is 3.35. The third-order valence-electron chi connectivity index (χ3n) is 5.27. The van der Waals surface area contributed by atoms with Crippen LogP contribution in [0.4, 0.5) is 0 Å². The molecule has 0 saturated heterocycles. The van der Waals surface area contributed by atoms with Crippen molar-refractivity contribution in [2.24, 2.45) is 0 Å². The molecule has 1 aromatic heterocycles. The van der Waals surface area contributed by atoms with Gasteiger partial charge >= 0.3 is 0 Å². The lowest BCUT2D eigenvalue weighted by atomic mass is 10.1. The second-order valence-corrected chi connectivity index (χ2v) is 8.15. The number of methoxy groups -OCH3 is 1. The number of hydrogen-bond acceptors (Lipinski definition) is 4. The van der Waals surface area contributed by atoms with E-state index in [4.69, 9.17) is 9.15 Å². The molecule has 2 aromatic rings. The van der Waals surface area contributed by atoms with Gasteiger partial charge in [0.15, 0.2) is 0 Å². The van der Waals surface area contributed by atoms with E-state index >= 15 is 0 Å². The van der Waals surface area contributed by atoms with Gasteiger partial charge in [-0.2, -0.15) is 0 Å². The van der Waals surface area contributed by atoms with Crippen LogP contribution in [0, 0.1) is 6.92 Å². The van der Waals surface area contributed by atoms with Gasteiger partial charge in [-0.3, -0.25) is 9.59 Å². The first kappa shape index (κ1) is 24.7. The lowest BCUT2D eigenvalue weighted by molar-refractivity contribution is -0.133. The zero-order chi connectivity index (χ0) is 22.8. The third-order valence-corrected chi connectivity index (χ3v) is 5.27. The highest BCUT2D eigenvalue weighted by Gasteiger charge is 2.25. The van der Waals surface area contributed by atoms with Crippen LogP contribution in [0.1, 0.15) is 61.1 Å². The van der Waals surface area contributed by atoms with Gasteiger partial charge in [0.25, 0.3) is 5.91 Å². The minimum atomic E-state index is -0.133. The highest BCUT2D eigenvalue weighted by atomic mass is 16.5. The van der Waals surface area contributed by atoms with Crippen molar-refractivity contribution in [2.75, 3.05) is 26.8 Å². The van der Waals surface area contributed by atoms with Gasteiger partial charge in [-0.25, -0.2) is 0 Å². The molecule has 0 radical (unpaired) electrons. The zero-order valence-electron chi connectivity index (χ0n) is 19.5. The number of carbonyl (C=O) groups excluding carboxylic acids is 2. The molecule has 0 N–H and O–H groups in total. The molecular formula is C25H36N2O4. The summed E-state index contributed by atoms with van der Waals surface area (Å²) in [6.45, 7) is 9.10. The predicted octanol–water partition coefficient (Wildman–Crippen LogP) is 4.46. The van der Waals surface area contributed by atoms with Crippen molar-refractivity contribution in [3.8, 4) is 0 Å². The summed E-state index contributed by atoms with van der Waals surface area (Å²) in [6, 6.07) is 11.4. The van der Waals surface area contributed by atoms with Gasteiger partial charge in [-0.05, 0) is 63.4 Å².